The van der Waals surface area contributed by atoms with Gasteiger partial charge < -0.3 is 14.8 Å². The molecule has 1 aromatic heterocycles. The molecule has 26 heavy (non-hydrogen) atoms. The van der Waals surface area contributed by atoms with E-state index < -0.39 is 6.23 Å². The van der Waals surface area contributed by atoms with Crippen LogP contribution in [0.1, 0.15) is 17.4 Å². The first kappa shape index (κ1) is 16.7. The van der Waals surface area contributed by atoms with Gasteiger partial charge in [-0.05, 0) is 43.0 Å². The largest absolute Gasteiger partial charge is 0.496 e. The first-order chi connectivity index (χ1) is 12.7. The fourth-order valence-corrected chi connectivity index (χ4v) is 3.25. The van der Waals surface area contributed by atoms with Gasteiger partial charge in [0.05, 0.1) is 7.11 Å². The Morgan fingerprint density at radius 3 is 2.77 bits per heavy atom. The van der Waals surface area contributed by atoms with Gasteiger partial charge in [0.15, 0.2) is 11.9 Å². The second kappa shape index (κ2) is 6.84. The summed E-state index contributed by atoms with van der Waals surface area (Å²) in [6, 6.07) is 13.9. The molecule has 1 aliphatic rings. The molecule has 0 aliphatic carbocycles. The smallest absolute Gasteiger partial charge is 0.247 e. The van der Waals surface area contributed by atoms with Gasteiger partial charge in [-0.3, -0.25) is 0 Å². The Labute approximate surface area is 156 Å². The zero-order chi connectivity index (χ0) is 18.1. The van der Waals surface area contributed by atoms with Crippen LogP contribution in [0.15, 0.2) is 47.6 Å². The van der Waals surface area contributed by atoms with E-state index in [1.807, 2.05) is 55.6 Å². The van der Waals surface area contributed by atoms with E-state index in [1.165, 1.54) is 11.8 Å². The Morgan fingerprint density at radius 1 is 1.15 bits per heavy atom. The average molecular weight is 366 g/mol. The molecule has 2 aromatic carbocycles. The lowest BCUT2D eigenvalue weighted by molar-refractivity contribution is 0.225. The van der Waals surface area contributed by atoms with Crippen LogP contribution in [0.4, 0.5) is 5.69 Å². The maximum Gasteiger partial charge on any atom is 0.247 e. The van der Waals surface area contributed by atoms with E-state index in [2.05, 4.69) is 20.5 Å². The van der Waals surface area contributed by atoms with Crippen LogP contribution in [-0.4, -0.2) is 28.5 Å². The highest BCUT2D eigenvalue weighted by Gasteiger charge is 2.26. The van der Waals surface area contributed by atoms with E-state index in [-0.39, 0.29) is 0 Å². The zero-order valence-electron chi connectivity index (χ0n) is 14.7. The maximum absolute atomic E-state index is 6.22. The number of para-hydroxylation sites is 1. The number of ether oxygens (including phenoxy) is 2. The lowest BCUT2D eigenvalue weighted by atomic mass is 10.1. The Kier molecular flexibility index (Phi) is 4.38. The van der Waals surface area contributed by atoms with Gasteiger partial charge in [-0.15, -0.1) is 10.2 Å². The van der Waals surface area contributed by atoms with E-state index in [4.69, 9.17) is 9.47 Å². The zero-order valence-corrected chi connectivity index (χ0v) is 15.5. The number of hydrogen-bond donors (Lipinski definition) is 1. The number of benzene rings is 2. The summed E-state index contributed by atoms with van der Waals surface area (Å²) >= 11 is 1.43. The van der Waals surface area contributed by atoms with Crippen molar-refractivity contribution < 1.29 is 9.47 Å². The van der Waals surface area contributed by atoms with Gasteiger partial charge in [-0.1, -0.05) is 30.0 Å². The van der Waals surface area contributed by atoms with Crippen LogP contribution >= 0.6 is 11.8 Å². The molecule has 0 saturated heterocycles. The summed E-state index contributed by atoms with van der Waals surface area (Å²) in [5, 5.41) is 12.5. The summed E-state index contributed by atoms with van der Waals surface area (Å²) in [5.41, 5.74) is 4.51. The normalized spacial score (nSPS) is 15.1. The van der Waals surface area contributed by atoms with Gasteiger partial charge in [-0.2, -0.15) is 4.98 Å². The standard InChI is InChI=1S/C19H18N4O2S/c1-11-10-12(8-9-15(11)24-2)17-20-14-7-5-4-6-13(14)16-18(25-17)21-19(26-3)23-22-16/h4-10,17,20H,1-3H3. The molecule has 0 fully saturated rings. The number of aryl methyl sites for hydroxylation is 1. The minimum Gasteiger partial charge on any atom is -0.496 e. The van der Waals surface area contributed by atoms with Gasteiger partial charge in [-0.25, -0.2) is 0 Å². The lowest BCUT2D eigenvalue weighted by Gasteiger charge is -2.20. The molecule has 0 radical (unpaired) electrons. The number of thioether (sulfide) groups is 1. The van der Waals surface area contributed by atoms with Gasteiger partial charge in [0, 0.05) is 16.8 Å². The van der Waals surface area contributed by atoms with Crippen LogP contribution in [-0.2, 0) is 0 Å². The predicted molar refractivity (Wildman–Crippen MR) is 102 cm³/mol. The van der Waals surface area contributed by atoms with E-state index in [0.717, 1.165) is 28.1 Å². The van der Waals surface area contributed by atoms with Crippen molar-refractivity contribution in [3.8, 4) is 22.9 Å². The fraction of sp³-hybridized carbons (Fsp3) is 0.211. The molecule has 1 aliphatic heterocycles. The summed E-state index contributed by atoms with van der Waals surface area (Å²) in [4.78, 5) is 4.52. The summed E-state index contributed by atoms with van der Waals surface area (Å²) < 4.78 is 11.6. The molecule has 6 nitrogen and oxygen atoms in total. The van der Waals surface area contributed by atoms with Crippen LogP contribution < -0.4 is 14.8 Å². The Hall–Kier alpha value is -2.80. The number of methoxy groups -OCH3 is 1. The number of hydrogen-bond acceptors (Lipinski definition) is 7. The first-order valence-electron chi connectivity index (χ1n) is 8.15. The Bertz CT molecular complexity index is 964. The number of fused-ring (bicyclic) bond motifs is 3. The fourth-order valence-electron chi connectivity index (χ4n) is 2.95. The Balaban J connectivity index is 1.83. The second-order valence-electron chi connectivity index (χ2n) is 5.87. The highest BCUT2D eigenvalue weighted by Crippen LogP contribution is 2.39. The van der Waals surface area contributed by atoms with Gasteiger partial charge in [0.25, 0.3) is 0 Å². The monoisotopic (exact) mass is 366 g/mol. The molecule has 0 amide bonds. The third kappa shape index (κ3) is 2.94. The van der Waals surface area contributed by atoms with Crippen LogP contribution in [0, 0.1) is 6.92 Å². The SMILES string of the molecule is COc1ccc(C2Nc3ccccc3-c3nnc(SC)nc3O2)cc1C. The summed E-state index contributed by atoms with van der Waals surface area (Å²) in [6.45, 7) is 2.01. The average Bonchev–Trinajstić information content (AvgIpc) is 2.84. The molecule has 3 aromatic rings. The van der Waals surface area contributed by atoms with Crippen molar-refractivity contribution in [2.75, 3.05) is 18.7 Å². The van der Waals surface area contributed by atoms with Gasteiger partial charge >= 0.3 is 0 Å². The lowest BCUT2D eigenvalue weighted by Crippen LogP contribution is -2.17. The van der Waals surface area contributed by atoms with E-state index in [0.29, 0.717) is 16.7 Å². The highest BCUT2D eigenvalue weighted by atomic mass is 32.2. The van der Waals surface area contributed by atoms with Crippen LogP contribution in [0.25, 0.3) is 11.3 Å². The first-order valence-corrected chi connectivity index (χ1v) is 9.38. The van der Waals surface area contributed by atoms with Crippen molar-refractivity contribution in [1.29, 1.82) is 0 Å². The molecule has 0 spiro atoms. The minimum absolute atomic E-state index is 0.395. The molecule has 132 valence electrons. The molecule has 0 saturated carbocycles. The Morgan fingerprint density at radius 2 is 2.00 bits per heavy atom. The third-order valence-electron chi connectivity index (χ3n) is 4.24. The van der Waals surface area contributed by atoms with Gasteiger partial charge in [0.2, 0.25) is 11.0 Å². The minimum atomic E-state index is -0.395. The molecular weight excluding hydrogens is 348 g/mol. The quantitative estimate of drug-likeness (QED) is 0.700. The van der Waals surface area contributed by atoms with Crippen LogP contribution in [0.2, 0.25) is 0 Å². The van der Waals surface area contributed by atoms with Crippen molar-refractivity contribution in [1.82, 2.24) is 15.2 Å². The van der Waals surface area contributed by atoms with E-state index >= 15 is 0 Å². The van der Waals surface area contributed by atoms with Crippen LogP contribution in [0.5, 0.6) is 11.6 Å². The number of rotatable bonds is 3. The van der Waals surface area contributed by atoms with Crippen LogP contribution in [0.3, 0.4) is 0 Å². The number of anilines is 1. The number of nitrogens with one attached hydrogen (secondary N) is 1. The third-order valence-corrected chi connectivity index (χ3v) is 4.78. The van der Waals surface area contributed by atoms with Crippen molar-refractivity contribution in [2.45, 2.75) is 18.3 Å². The summed E-state index contributed by atoms with van der Waals surface area (Å²) in [7, 11) is 1.67. The molecule has 7 heteroatoms. The maximum atomic E-state index is 6.22. The summed E-state index contributed by atoms with van der Waals surface area (Å²) in [6.07, 6.45) is 1.52. The van der Waals surface area contributed by atoms with Gasteiger partial charge in [0.1, 0.15) is 5.75 Å². The number of nitrogens with zero attached hydrogens (tertiary/aromatic N) is 3. The predicted octanol–water partition coefficient (Wildman–Crippen LogP) is 4.08. The summed E-state index contributed by atoms with van der Waals surface area (Å²) in [5.74, 6) is 1.32. The molecule has 1 N–H and O–H groups in total. The van der Waals surface area contributed by atoms with Crippen molar-refractivity contribution >= 4 is 17.4 Å². The molecule has 4 rings (SSSR count). The highest BCUT2D eigenvalue weighted by molar-refractivity contribution is 7.98. The molecule has 0 bridgehead atoms. The van der Waals surface area contributed by atoms with E-state index in [1.54, 1.807) is 7.11 Å². The molecule has 1 atom stereocenters. The van der Waals surface area contributed by atoms with E-state index in [9.17, 15) is 0 Å². The van der Waals surface area contributed by atoms with Crippen molar-refractivity contribution in [2.24, 2.45) is 0 Å². The van der Waals surface area contributed by atoms with Crippen molar-refractivity contribution in [3.63, 3.8) is 0 Å². The molecule has 1 unspecified atom stereocenters. The molecular formula is C19H18N4O2S. The topological polar surface area (TPSA) is 69.2 Å². The van der Waals surface area contributed by atoms with Crippen molar-refractivity contribution in [3.05, 3.63) is 53.6 Å². The second-order valence-corrected chi connectivity index (χ2v) is 6.64. The number of aromatic nitrogens is 3. The molecule has 2 heterocycles.